The lowest BCUT2D eigenvalue weighted by molar-refractivity contribution is -0.140. The highest BCUT2D eigenvalue weighted by Gasteiger charge is 2.26. The van der Waals surface area contributed by atoms with Crippen LogP contribution < -0.4 is 5.32 Å². The zero-order valence-electron chi connectivity index (χ0n) is 16.7. The Balaban J connectivity index is 2.24. The van der Waals surface area contributed by atoms with Crippen LogP contribution in [0.25, 0.3) is 0 Å². The molecule has 0 saturated carbocycles. The lowest BCUT2D eigenvalue weighted by Crippen LogP contribution is -2.48. The summed E-state index contributed by atoms with van der Waals surface area (Å²) in [7, 11) is 0. The van der Waals surface area contributed by atoms with Crippen LogP contribution >= 0.6 is 34.8 Å². The molecule has 0 aliphatic carbocycles. The number of rotatable bonds is 8. The summed E-state index contributed by atoms with van der Waals surface area (Å²) in [6.45, 7) is 6.53. The molecule has 0 bridgehead atoms. The normalized spacial score (nSPS) is 12.0. The number of hydrogen-bond donors (Lipinski definition) is 1. The first-order valence-corrected chi connectivity index (χ1v) is 10.6. The molecule has 2 aromatic carbocycles. The van der Waals surface area contributed by atoms with Crippen LogP contribution in [0, 0.1) is 5.92 Å². The van der Waals surface area contributed by atoms with Crippen LogP contribution in [0.2, 0.25) is 15.1 Å². The van der Waals surface area contributed by atoms with E-state index in [0.717, 1.165) is 11.1 Å². The van der Waals surface area contributed by atoms with Crippen LogP contribution in [0.4, 0.5) is 0 Å². The molecule has 2 amide bonds. The first-order valence-electron chi connectivity index (χ1n) is 9.43. The average molecular weight is 456 g/mol. The van der Waals surface area contributed by atoms with Gasteiger partial charge in [0.2, 0.25) is 11.8 Å². The second-order valence-corrected chi connectivity index (χ2v) is 8.57. The summed E-state index contributed by atoms with van der Waals surface area (Å²) in [4.78, 5) is 27.3. The third-order valence-corrected chi connectivity index (χ3v) is 5.60. The van der Waals surface area contributed by atoms with Crippen molar-refractivity contribution in [3.8, 4) is 0 Å². The fourth-order valence-corrected chi connectivity index (χ4v) is 3.29. The van der Waals surface area contributed by atoms with Gasteiger partial charge in [-0.3, -0.25) is 9.59 Å². The molecule has 0 aliphatic rings. The number of carbonyl (C=O) groups excluding carboxylic acids is 2. The lowest BCUT2D eigenvalue weighted by Gasteiger charge is -2.29. The van der Waals surface area contributed by atoms with E-state index in [1.165, 1.54) is 0 Å². The van der Waals surface area contributed by atoms with Crippen molar-refractivity contribution in [2.45, 2.75) is 39.8 Å². The number of carbonyl (C=O) groups is 2. The van der Waals surface area contributed by atoms with Gasteiger partial charge >= 0.3 is 0 Å². The van der Waals surface area contributed by atoms with Crippen LogP contribution in [0.3, 0.4) is 0 Å². The summed E-state index contributed by atoms with van der Waals surface area (Å²) in [6.07, 6.45) is 0.100. The third kappa shape index (κ3) is 6.91. The monoisotopic (exact) mass is 454 g/mol. The molecule has 0 fully saturated rings. The van der Waals surface area contributed by atoms with Crippen LogP contribution in [0.5, 0.6) is 0 Å². The maximum absolute atomic E-state index is 13.1. The molecule has 0 spiro atoms. The number of halogens is 3. The summed E-state index contributed by atoms with van der Waals surface area (Å²) < 4.78 is 0. The van der Waals surface area contributed by atoms with Gasteiger partial charge in [0.1, 0.15) is 6.04 Å². The third-order valence-electron chi connectivity index (χ3n) is 4.49. The van der Waals surface area contributed by atoms with Gasteiger partial charge in [0.25, 0.3) is 0 Å². The Morgan fingerprint density at radius 1 is 0.966 bits per heavy atom. The number of hydrogen-bond acceptors (Lipinski definition) is 2. The molecule has 0 aliphatic heterocycles. The van der Waals surface area contributed by atoms with Crippen molar-refractivity contribution < 1.29 is 9.59 Å². The molecule has 29 heavy (non-hydrogen) atoms. The maximum Gasteiger partial charge on any atom is 0.242 e. The van der Waals surface area contributed by atoms with E-state index in [-0.39, 0.29) is 24.8 Å². The Bertz CT molecular complexity index is 871. The van der Waals surface area contributed by atoms with E-state index >= 15 is 0 Å². The Morgan fingerprint density at radius 2 is 1.66 bits per heavy atom. The second kappa shape index (κ2) is 10.9. The van der Waals surface area contributed by atoms with Crippen LogP contribution in [-0.2, 0) is 22.6 Å². The lowest BCUT2D eigenvalue weighted by atomic mass is 10.1. The molecule has 1 unspecified atom stereocenters. The standard InChI is InChI=1S/C22H25Cl3N2O2/c1-14(2)12-26-22(29)15(3)27(13-17-6-4-5-7-18(17)23)21(28)11-16-8-9-19(24)20(25)10-16/h4-10,14-15H,11-13H2,1-3H3,(H,26,29). The van der Waals surface area contributed by atoms with E-state index < -0.39 is 6.04 Å². The van der Waals surface area contributed by atoms with Crippen molar-refractivity contribution in [2.75, 3.05) is 6.54 Å². The smallest absolute Gasteiger partial charge is 0.242 e. The van der Waals surface area contributed by atoms with Gasteiger partial charge in [-0.15, -0.1) is 0 Å². The molecule has 1 N–H and O–H groups in total. The molecule has 4 nitrogen and oxygen atoms in total. The van der Waals surface area contributed by atoms with Gasteiger partial charge in [0.15, 0.2) is 0 Å². The molecule has 0 aromatic heterocycles. The van der Waals surface area contributed by atoms with Crippen molar-refractivity contribution in [1.29, 1.82) is 0 Å². The van der Waals surface area contributed by atoms with Crippen molar-refractivity contribution in [2.24, 2.45) is 5.92 Å². The Hall–Kier alpha value is -1.75. The molecule has 2 rings (SSSR count). The van der Waals surface area contributed by atoms with E-state index in [1.54, 1.807) is 36.1 Å². The van der Waals surface area contributed by atoms with Gasteiger partial charge in [0, 0.05) is 18.1 Å². The second-order valence-electron chi connectivity index (χ2n) is 7.35. The topological polar surface area (TPSA) is 49.4 Å². The van der Waals surface area contributed by atoms with Crippen LogP contribution in [0.15, 0.2) is 42.5 Å². The van der Waals surface area contributed by atoms with Crippen LogP contribution in [-0.4, -0.2) is 29.3 Å². The quantitative estimate of drug-likeness (QED) is 0.581. The summed E-state index contributed by atoms with van der Waals surface area (Å²) in [5.74, 6) is -0.0844. The molecule has 1 atom stereocenters. The zero-order chi connectivity index (χ0) is 21.6. The summed E-state index contributed by atoms with van der Waals surface area (Å²) in [5, 5.41) is 4.26. The number of nitrogens with one attached hydrogen (secondary N) is 1. The van der Waals surface area contributed by atoms with Crippen molar-refractivity contribution >= 4 is 46.6 Å². The molecule has 7 heteroatoms. The van der Waals surface area contributed by atoms with Gasteiger partial charge in [-0.25, -0.2) is 0 Å². The van der Waals surface area contributed by atoms with E-state index in [1.807, 2.05) is 32.0 Å². The zero-order valence-corrected chi connectivity index (χ0v) is 19.0. The fourth-order valence-electron chi connectivity index (χ4n) is 2.77. The summed E-state index contributed by atoms with van der Waals surface area (Å²) in [6, 6.07) is 11.7. The molecule has 0 saturated heterocycles. The van der Waals surface area contributed by atoms with E-state index in [0.29, 0.717) is 27.5 Å². The Kier molecular flexibility index (Phi) is 8.81. The van der Waals surface area contributed by atoms with Gasteiger partial charge in [0.05, 0.1) is 16.5 Å². The Morgan fingerprint density at radius 3 is 2.28 bits per heavy atom. The van der Waals surface area contributed by atoms with Gasteiger partial charge in [-0.05, 0) is 42.2 Å². The average Bonchev–Trinajstić information content (AvgIpc) is 2.67. The van der Waals surface area contributed by atoms with Gasteiger partial charge < -0.3 is 10.2 Å². The Labute approximate surface area is 187 Å². The van der Waals surface area contributed by atoms with Gasteiger partial charge in [-0.2, -0.15) is 0 Å². The molecule has 156 valence electrons. The van der Waals surface area contributed by atoms with E-state index in [4.69, 9.17) is 34.8 Å². The predicted molar refractivity (Wildman–Crippen MR) is 119 cm³/mol. The van der Waals surface area contributed by atoms with E-state index in [9.17, 15) is 9.59 Å². The number of benzene rings is 2. The van der Waals surface area contributed by atoms with Gasteiger partial charge in [-0.1, -0.05) is 72.9 Å². The fraction of sp³-hybridized carbons (Fsp3) is 0.364. The SMILES string of the molecule is CC(C)CNC(=O)C(C)N(Cc1ccccc1Cl)C(=O)Cc1ccc(Cl)c(Cl)c1. The highest BCUT2D eigenvalue weighted by atomic mass is 35.5. The van der Waals surface area contributed by atoms with Crippen molar-refractivity contribution in [3.63, 3.8) is 0 Å². The largest absolute Gasteiger partial charge is 0.354 e. The highest BCUT2D eigenvalue weighted by molar-refractivity contribution is 6.42. The number of amides is 2. The van der Waals surface area contributed by atoms with E-state index in [2.05, 4.69) is 5.32 Å². The first kappa shape index (κ1) is 23.5. The minimum Gasteiger partial charge on any atom is -0.354 e. The van der Waals surface area contributed by atoms with Crippen molar-refractivity contribution in [1.82, 2.24) is 10.2 Å². The summed E-state index contributed by atoms with van der Waals surface area (Å²) in [5.41, 5.74) is 1.50. The highest BCUT2D eigenvalue weighted by Crippen LogP contribution is 2.24. The molecule has 0 heterocycles. The molecular weight excluding hydrogens is 431 g/mol. The summed E-state index contributed by atoms with van der Waals surface area (Å²) >= 11 is 18.3. The van der Waals surface area contributed by atoms with Crippen LogP contribution in [0.1, 0.15) is 31.9 Å². The minimum absolute atomic E-state index is 0.100. The molecule has 2 aromatic rings. The number of nitrogens with zero attached hydrogens (tertiary/aromatic N) is 1. The minimum atomic E-state index is -0.653. The maximum atomic E-state index is 13.1. The first-order chi connectivity index (χ1) is 13.7. The predicted octanol–water partition coefficient (Wildman–Crippen LogP) is 5.38. The van der Waals surface area contributed by atoms with Crippen molar-refractivity contribution in [3.05, 3.63) is 68.7 Å². The molecular formula is C22H25Cl3N2O2. The molecule has 0 radical (unpaired) electrons.